The summed E-state index contributed by atoms with van der Waals surface area (Å²) in [6.07, 6.45) is 0. The largest absolute Gasteiger partial charge is 0.335 e. The van der Waals surface area contributed by atoms with Gasteiger partial charge in [0.2, 0.25) is 0 Å². The molecule has 3 heterocycles. The highest BCUT2D eigenvalue weighted by Gasteiger charge is 2.36. The number of nitrogens with zero attached hydrogens (tertiary/aromatic N) is 4. The third kappa shape index (κ3) is 2.13. The Morgan fingerprint density at radius 3 is 2.72 bits per heavy atom. The number of rotatable bonds is 2. The van der Waals surface area contributed by atoms with Gasteiger partial charge in [0.05, 0.1) is 5.69 Å². The lowest BCUT2D eigenvalue weighted by Gasteiger charge is -2.46. The summed E-state index contributed by atoms with van der Waals surface area (Å²) in [6.45, 7) is 7.82. The lowest BCUT2D eigenvalue weighted by Crippen LogP contribution is -2.63. The molecule has 0 aromatic carbocycles. The zero-order valence-electron chi connectivity index (χ0n) is 10.4. The Balaban J connectivity index is 1.55. The van der Waals surface area contributed by atoms with Crippen LogP contribution in [-0.2, 0) is 0 Å². The van der Waals surface area contributed by atoms with Gasteiger partial charge >= 0.3 is 0 Å². The smallest absolute Gasteiger partial charge is 0.267 e. The van der Waals surface area contributed by atoms with Crippen LogP contribution in [0.15, 0.2) is 0 Å². The monoisotopic (exact) mass is 267 g/mol. The zero-order valence-corrected chi connectivity index (χ0v) is 11.2. The molecule has 3 rings (SSSR count). The van der Waals surface area contributed by atoms with Crippen LogP contribution in [0.5, 0.6) is 0 Å². The van der Waals surface area contributed by atoms with Gasteiger partial charge in [-0.1, -0.05) is 4.49 Å². The summed E-state index contributed by atoms with van der Waals surface area (Å²) in [6, 6.07) is 0.539. The van der Waals surface area contributed by atoms with Gasteiger partial charge in [-0.05, 0) is 18.5 Å². The molecule has 6 nitrogen and oxygen atoms in total. The van der Waals surface area contributed by atoms with Gasteiger partial charge in [-0.15, -0.1) is 5.10 Å². The summed E-state index contributed by atoms with van der Waals surface area (Å²) < 4.78 is 3.82. The summed E-state index contributed by atoms with van der Waals surface area (Å²) in [5.41, 5.74) is 0.746. The highest BCUT2D eigenvalue weighted by molar-refractivity contribution is 7.07. The van der Waals surface area contributed by atoms with E-state index in [1.807, 2.05) is 11.8 Å². The Hall–Kier alpha value is -1.05. The first-order valence-corrected chi connectivity index (χ1v) is 7.06. The van der Waals surface area contributed by atoms with Crippen molar-refractivity contribution in [1.29, 1.82) is 0 Å². The van der Waals surface area contributed by atoms with Crippen molar-refractivity contribution in [2.45, 2.75) is 13.0 Å². The lowest BCUT2D eigenvalue weighted by atomic mass is 10.1. The van der Waals surface area contributed by atoms with Crippen LogP contribution < -0.4 is 5.32 Å². The fourth-order valence-electron chi connectivity index (χ4n) is 2.47. The van der Waals surface area contributed by atoms with Crippen LogP contribution in [-0.4, -0.2) is 70.6 Å². The normalized spacial score (nSPS) is 21.9. The molecule has 7 heteroatoms. The van der Waals surface area contributed by atoms with Crippen LogP contribution in [0.1, 0.15) is 15.4 Å². The molecule has 0 radical (unpaired) electrons. The molecule has 0 unspecified atom stereocenters. The highest BCUT2D eigenvalue weighted by Crippen LogP contribution is 2.20. The van der Waals surface area contributed by atoms with E-state index in [1.165, 1.54) is 11.5 Å². The SMILES string of the molecule is Cc1nnsc1C(=O)N1CC(N2CCNCC2)C1. The minimum absolute atomic E-state index is 0.0916. The first-order chi connectivity index (χ1) is 8.75. The second-order valence-electron chi connectivity index (χ2n) is 4.84. The molecule has 0 aliphatic carbocycles. The summed E-state index contributed by atoms with van der Waals surface area (Å²) in [4.78, 5) is 17.2. The topological polar surface area (TPSA) is 61.4 Å². The van der Waals surface area contributed by atoms with Crippen LogP contribution in [0.3, 0.4) is 0 Å². The van der Waals surface area contributed by atoms with Gasteiger partial charge in [-0.3, -0.25) is 9.69 Å². The molecular formula is C11H17N5OS. The van der Waals surface area contributed by atoms with E-state index in [4.69, 9.17) is 0 Å². The summed E-state index contributed by atoms with van der Waals surface area (Å²) >= 11 is 1.20. The molecular weight excluding hydrogens is 250 g/mol. The minimum atomic E-state index is 0.0916. The molecule has 2 aliphatic heterocycles. The van der Waals surface area contributed by atoms with Crippen LogP contribution >= 0.6 is 11.5 Å². The highest BCUT2D eigenvalue weighted by atomic mass is 32.1. The van der Waals surface area contributed by atoms with Crippen molar-refractivity contribution in [3.8, 4) is 0 Å². The van der Waals surface area contributed by atoms with Crippen LogP contribution in [0.2, 0.25) is 0 Å². The van der Waals surface area contributed by atoms with Crippen LogP contribution in [0, 0.1) is 6.92 Å². The first kappa shape index (κ1) is 12.0. The molecule has 0 spiro atoms. The summed E-state index contributed by atoms with van der Waals surface area (Å²) in [7, 11) is 0. The predicted molar refractivity (Wildman–Crippen MR) is 68.8 cm³/mol. The zero-order chi connectivity index (χ0) is 12.5. The number of nitrogens with one attached hydrogen (secondary N) is 1. The molecule has 2 aliphatic rings. The molecule has 1 N–H and O–H groups in total. The first-order valence-electron chi connectivity index (χ1n) is 6.28. The standard InChI is InChI=1S/C11H17N5OS/c1-8-10(18-14-13-8)11(17)16-6-9(7-16)15-4-2-12-3-5-15/h9,12H,2-7H2,1H3. The quantitative estimate of drug-likeness (QED) is 0.788. The van der Waals surface area contributed by atoms with Crippen molar-refractivity contribution < 1.29 is 4.79 Å². The molecule has 0 atom stereocenters. The number of carbonyl (C=O) groups is 1. The van der Waals surface area contributed by atoms with Gasteiger partial charge in [-0.2, -0.15) is 0 Å². The molecule has 98 valence electrons. The molecule has 0 saturated carbocycles. The van der Waals surface area contributed by atoms with E-state index < -0.39 is 0 Å². The van der Waals surface area contributed by atoms with Gasteiger partial charge in [0.1, 0.15) is 4.88 Å². The molecule has 1 aromatic heterocycles. The second kappa shape index (κ2) is 4.91. The Morgan fingerprint density at radius 1 is 1.39 bits per heavy atom. The average Bonchev–Trinajstić information content (AvgIpc) is 2.75. The fourth-order valence-corrected chi connectivity index (χ4v) is 3.10. The number of amides is 1. The van der Waals surface area contributed by atoms with Crippen molar-refractivity contribution >= 4 is 17.4 Å². The maximum atomic E-state index is 12.2. The number of hydrogen-bond acceptors (Lipinski definition) is 6. The third-order valence-corrected chi connectivity index (χ3v) is 4.48. The van der Waals surface area contributed by atoms with Crippen molar-refractivity contribution in [2.24, 2.45) is 0 Å². The predicted octanol–water partition coefficient (Wildman–Crippen LogP) is -0.424. The van der Waals surface area contributed by atoms with Crippen LogP contribution in [0.4, 0.5) is 0 Å². The lowest BCUT2D eigenvalue weighted by molar-refractivity contribution is 0.0230. The van der Waals surface area contributed by atoms with E-state index in [0.717, 1.165) is 45.0 Å². The molecule has 18 heavy (non-hydrogen) atoms. The van der Waals surface area contributed by atoms with E-state index in [9.17, 15) is 4.79 Å². The van der Waals surface area contributed by atoms with E-state index in [2.05, 4.69) is 19.8 Å². The maximum Gasteiger partial charge on any atom is 0.267 e. The fraction of sp³-hybridized carbons (Fsp3) is 0.727. The second-order valence-corrected chi connectivity index (χ2v) is 5.59. The number of carbonyl (C=O) groups excluding carboxylic acids is 1. The van der Waals surface area contributed by atoms with Crippen molar-refractivity contribution in [3.05, 3.63) is 10.6 Å². The number of hydrogen-bond donors (Lipinski definition) is 1. The van der Waals surface area contributed by atoms with Gasteiger partial charge in [-0.25, -0.2) is 0 Å². The van der Waals surface area contributed by atoms with Crippen molar-refractivity contribution in [3.63, 3.8) is 0 Å². The maximum absolute atomic E-state index is 12.2. The number of aryl methyl sites for hydroxylation is 1. The van der Waals surface area contributed by atoms with E-state index in [-0.39, 0.29) is 5.91 Å². The van der Waals surface area contributed by atoms with E-state index in [1.54, 1.807) is 0 Å². The van der Waals surface area contributed by atoms with E-state index in [0.29, 0.717) is 10.9 Å². The van der Waals surface area contributed by atoms with Crippen molar-refractivity contribution in [1.82, 2.24) is 24.7 Å². The number of likely N-dealkylation sites (tertiary alicyclic amines) is 1. The van der Waals surface area contributed by atoms with Gasteiger partial charge in [0.15, 0.2) is 0 Å². The number of piperazine rings is 1. The summed E-state index contributed by atoms with van der Waals surface area (Å²) in [5, 5.41) is 7.23. The third-order valence-electron chi connectivity index (χ3n) is 3.66. The summed E-state index contributed by atoms with van der Waals surface area (Å²) in [5.74, 6) is 0.0916. The molecule has 2 fully saturated rings. The molecule has 1 aromatic rings. The molecule has 2 saturated heterocycles. The van der Waals surface area contributed by atoms with Gasteiger partial charge < -0.3 is 10.2 Å². The Labute approximate surface area is 110 Å². The van der Waals surface area contributed by atoms with Gasteiger partial charge in [0.25, 0.3) is 5.91 Å². The van der Waals surface area contributed by atoms with E-state index >= 15 is 0 Å². The molecule has 0 bridgehead atoms. The Morgan fingerprint density at radius 2 is 2.11 bits per heavy atom. The van der Waals surface area contributed by atoms with Crippen LogP contribution in [0.25, 0.3) is 0 Å². The average molecular weight is 267 g/mol. The Kier molecular flexibility index (Phi) is 3.27. The van der Waals surface area contributed by atoms with Crippen molar-refractivity contribution in [2.75, 3.05) is 39.3 Å². The minimum Gasteiger partial charge on any atom is -0.335 e. The number of aromatic nitrogens is 2. The molecule has 1 amide bonds. The van der Waals surface area contributed by atoms with Gasteiger partial charge in [0, 0.05) is 45.3 Å². The Bertz CT molecular complexity index is 436.